The second-order valence-electron chi connectivity index (χ2n) is 3.32. The van der Waals surface area contributed by atoms with Crippen LogP contribution in [0, 0.1) is 10.1 Å². The maximum atomic E-state index is 10.5. The summed E-state index contributed by atoms with van der Waals surface area (Å²) in [5.74, 6) is 0.869. The lowest BCUT2D eigenvalue weighted by Gasteiger charge is -2.04. The number of non-ortho nitro benzene ring substituents is 1. The van der Waals surface area contributed by atoms with Gasteiger partial charge in [-0.25, -0.2) is 0 Å². The summed E-state index contributed by atoms with van der Waals surface area (Å²) in [6.07, 6.45) is 3.19. The van der Waals surface area contributed by atoms with Crippen LogP contribution < -0.4 is 4.74 Å². The lowest BCUT2D eigenvalue weighted by atomic mass is 10.3. The predicted molar refractivity (Wildman–Crippen MR) is 61.4 cm³/mol. The van der Waals surface area contributed by atoms with Gasteiger partial charge >= 0.3 is 0 Å². The van der Waals surface area contributed by atoms with Gasteiger partial charge in [0, 0.05) is 19.2 Å². The van der Waals surface area contributed by atoms with Crippen molar-refractivity contribution < 1.29 is 9.66 Å². The number of rotatable bonds is 3. The van der Waals surface area contributed by atoms with E-state index in [2.05, 4.69) is 5.10 Å². The quantitative estimate of drug-likeness (QED) is 0.623. The Morgan fingerprint density at radius 2 is 2.29 bits per heavy atom. The number of nitrogens with zero attached hydrogens (tertiary/aromatic N) is 3. The minimum absolute atomic E-state index is 0.0754. The summed E-state index contributed by atoms with van der Waals surface area (Å²) in [4.78, 5) is 10.0. The van der Waals surface area contributed by atoms with E-state index in [9.17, 15) is 10.1 Å². The lowest BCUT2D eigenvalue weighted by molar-refractivity contribution is -0.384. The Labute approximate surface area is 102 Å². The molecule has 0 aliphatic rings. The van der Waals surface area contributed by atoms with Gasteiger partial charge in [-0.3, -0.25) is 14.8 Å². The molecule has 0 bridgehead atoms. The summed E-state index contributed by atoms with van der Waals surface area (Å²) >= 11 is 5.87. The SMILES string of the molecule is Cn1cc(Oc2ccc([N+](=O)[O-])cc2Cl)cn1. The maximum absolute atomic E-state index is 10.5. The van der Waals surface area contributed by atoms with Crippen LogP contribution in [0.25, 0.3) is 0 Å². The van der Waals surface area contributed by atoms with Gasteiger partial charge in [0.15, 0.2) is 5.75 Å². The number of aromatic nitrogens is 2. The molecule has 7 heteroatoms. The smallest absolute Gasteiger partial charge is 0.271 e. The third-order valence-corrected chi connectivity index (χ3v) is 2.33. The number of halogens is 1. The highest BCUT2D eigenvalue weighted by Crippen LogP contribution is 2.31. The molecule has 2 aromatic rings. The van der Waals surface area contributed by atoms with Crippen molar-refractivity contribution in [3.8, 4) is 11.5 Å². The molecule has 2 rings (SSSR count). The molecule has 0 unspecified atom stereocenters. The highest BCUT2D eigenvalue weighted by molar-refractivity contribution is 6.32. The third-order valence-electron chi connectivity index (χ3n) is 2.04. The minimum atomic E-state index is -0.514. The first-order chi connectivity index (χ1) is 8.06. The number of benzene rings is 1. The van der Waals surface area contributed by atoms with Crippen molar-refractivity contribution in [2.45, 2.75) is 0 Å². The molecule has 0 fully saturated rings. The van der Waals surface area contributed by atoms with Crippen LogP contribution in [0.5, 0.6) is 11.5 Å². The Hall–Kier alpha value is -2.08. The number of aryl methyl sites for hydroxylation is 1. The van der Waals surface area contributed by atoms with Crippen LogP contribution in [0.4, 0.5) is 5.69 Å². The van der Waals surface area contributed by atoms with Crippen LogP contribution in [0.15, 0.2) is 30.6 Å². The molecular formula is C10H8ClN3O3. The van der Waals surface area contributed by atoms with Gasteiger partial charge in [-0.1, -0.05) is 11.6 Å². The van der Waals surface area contributed by atoms with Crippen LogP contribution in [0.2, 0.25) is 5.02 Å². The fraction of sp³-hybridized carbons (Fsp3) is 0.100. The number of nitro groups is 1. The molecular weight excluding hydrogens is 246 g/mol. The number of ether oxygens (including phenoxy) is 1. The zero-order valence-corrected chi connectivity index (χ0v) is 9.59. The van der Waals surface area contributed by atoms with Crippen molar-refractivity contribution in [1.82, 2.24) is 9.78 Å². The monoisotopic (exact) mass is 253 g/mol. The summed E-state index contributed by atoms with van der Waals surface area (Å²) in [5, 5.41) is 14.6. The third kappa shape index (κ3) is 2.54. The van der Waals surface area contributed by atoms with Crippen LogP contribution in [-0.4, -0.2) is 14.7 Å². The van der Waals surface area contributed by atoms with Crippen molar-refractivity contribution in [2.75, 3.05) is 0 Å². The Bertz CT molecular complexity index is 568. The molecule has 0 saturated heterocycles. The van der Waals surface area contributed by atoms with Gasteiger partial charge in [0.2, 0.25) is 0 Å². The van der Waals surface area contributed by atoms with Gasteiger partial charge in [-0.05, 0) is 6.07 Å². The zero-order valence-electron chi connectivity index (χ0n) is 8.83. The minimum Gasteiger partial charge on any atom is -0.452 e. The number of hydrogen-bond acceptors (Lipinski definition) is 4. The van der Waals surface area contributed by atoms with E-state index in [4.69, 9.17) is 16.3 Å². The van der Waals surface area contributed by atoms with Gasteiger partial charge in [0.1, 0.15) is 5.75 Å². The maximum Gasteiger partial charge on any atom is 0.271 e. The van der Waals surface area contributed by atoms with E-state index < -0.39 is 4.92 Å². The van der Waals surface area contributed by atoms with E-state index in [1.54, 1.807) is 17.9 Å². The Kier molecular flexibility index (Phi) is 2.97. The average Bonchev–Trinajstić information content (AvgIpc) is 2.67. The van der Waals surface area contributed by atoms with Crippen LogP contribution >= 0.6 is 11.6 Å². The molecule has 0 aliphatic carbocycles. The topological polar surface area (TPSA) is 70.2 Å². The molecule has 1 heterocycles. The van der Waals surface area contributed by atoms with Gasteiger partial charge in [0.25, 0.3) is 5.69 Å². The van der Waals surface area contributed by atoms with E-state index in [1.165, 1.54) is 24.4 Å². The van der Waals surface area contributed by atoms with Crippen molar-refractivity contribution in [1.29, 1.82) is 0 Å². The lowest BCUT2D eigenvalue weighted by Crippen LogP contribution is -1.89. The first-order valence-corrected chi connectivity index (χ1v) is 5.04. The second-order valence-corrected chi connectivity index (χ2v) is 3.73. The van der Waals surface area contributed by atoms with Crippen molar-refractivity contribution >= 4 is 17.3 Å². The van der Waals surface area contributed by atoms with E-state index in [1.807, 2.05) is 0 Å². The van der Waals surface area contributed by atoms with Crippen molar-refractivity contribution in [3.63, 3.8) is 0 Å². The van der Waals surface area contributed by atoms with Crippen molar-refractivity contribution in [2.24, 2.45) is 7.05 Å². The molecule has 0 spiro atoms. The van der Waals surface area contributed by atoms with Gasteiger partial charge in [0.05, 0.1) is 22.3 Å². The van der Waals surface area contributed by atoms with E-state index in [0.717, 1.165) is 0 Å². The highest BCUT2D eigenvalue weighted by Gasteiger charge is 2.11. The molecule has 0 atom stereocenters. The number of hydrogen-bond donors (Lipinski definition) is 0. The largest absolute Gasteiger partial charge is 0.452 e. The van der Waals surface area contributed by atoms with Crippen LogP contribution in [0.1, 0.15) is 0 Å². The average molecular weight is 254 g/mol. The van der Waals surface area contributed by atoms with Crippen LogP contribution in [-0.2, 0) is 7.05 Å². The molecule has 88 valence electrons. The highest BCUT2D eigenvalue weighted by atomic mass is 35.5. The summed E-state index contributed by atoms with van der Waals surface area (Å²) in [6, 6.07) is 4.03. The zero-order chi connectivity index (χ0) is 12.4. The van der Waals surface area contributed by atoms with E-state index >= 15 is 0 Å². The normalized spacial score (nSPS) is 10.2. The molecule has 0 saturated carbocycles. The summed E-state index contributed by atoms with van der Waals surface area (Å²) in [7, 11) is 1.75. The fourth-order valence-electron chi connectivity index (χ4n) is 1.26. The number of nitro benzene ring substituents is 1. The van der Waals surface area contributed by atoms with Crippen molar-refractivity contribution in [3.05, 3.63) is 45.7 Å². The molecule has 0 N–H and O–H groups in total. The standard InChI is InChI=1S/C10H8ClN3O3/c1-13-6-8(5-12-13)17-10-3-2-7(14(15)16)4-9(10)11/h2-6H,1H3. The molecule has 6 nitrogen and oxygen atoms in total. The summed E-state index contributed by atoms with van der Waals surface area (Å²) in [5.41, 5.74) is -0.0754. The molecule has 0 radical (unpaired) electrons. The molecule has 1 aromatic carbocycles. The molecule has 1 aromatic heterocycles. The van der Waals surface area contributed by atoms with Gasteiger partial charge < -0.3 is 4.74 Å². The van der Waals surface area contributed by atoms with Gasteiger partial charge in [-0.2, -0.15) is 5.10 Å². The Morgan fingerprint density at radius 1 is 1.53 bits per heavy atom. The molecule has 17 heavy (non-hydrogen) atoms. The summed E-state index contributed by atoms with van der Waals surface area (Å²) in [6.45, 7) is 0. The fourth-order valence-corrected chi connectivity index (χ4v) is 1.48. The van der Waals surface area contributed by atoms with Gasteiger partial charge in [-0.15, -0.1) is 0 Å². The first kappa shape index (κ1) is 11.4. The first-order valence-electron chi connectivity index (χ1n) is 4.66. The molecule has 0 amide bonds. The Balaban J connectivity index is 2.25. The Morgan fingerprint density at radius 3 is 2.82 bits per heavy atom. The van der Waals surface area contributed by atoms with E-state index in [-0.39, 0.29) is 10.7 Å². The summed E-state index contributed by atoms with van der Waals surface area (Å²) < 4.78 is 7.00. The molecule has 0 aliphatic heterocycles. The predicted octanol–water partition coefficient (Wildman–Crippen LogP) is 2.77. The second kappa shape index (κ2) is 4.42. The van der Waals surface area contributed by atoms with Crippen LogP contribution in [0.3, 0.4) is 0 Å². The van der Waals surface area contributed by atoms with E-state index in [0.29, 0.717) is 11.5 Å².